The van der Waals surface area contributed by atoms with Gasteiger partial charge in [-0.05, 0) is 25.5 Å². The van der Waals surface area contributed by atoms with Crippen molar-refractivity contribution in [2.24, 2.45) is 0 Å². The van der Waals surface area contributed by atoms with Gasteiger partial charge in [-0.15, -0.1) is 0 Å². The minimum Gasteiger partial charge on any atom is -0.394 e. The molecule has 0 bridgehead atoms. The van der Waals surface area contributed by atoms with Crippen LogP contribution in [0.25, 0.3) is 0 Å². The van der Waals surface area contributed by atoms with Gasteiger partial charge in [0.25, 0.3) is 0 Å². The third kappa shape index (κ3) is 3.22. The summed E-state index contributed by atoms with van der Waals surface area (Å²) in [7, 11) is 0. The van der Waals surface area contributed by atoms with E-state index in [0.29, 0.717) is 6.54 Å². The lowest BCUT2D eigenvalue weighted by Gasteiger charge is -2.35. The molecule has 1 aromatic heterocycles. The summed E-state index contributed by atoms with van der Waals surface area (Å²) >= 11 is 0. The van der Waals surface area contributed by atoms with Crippen LogP contribution in [-0.2, 0) is 12.1 Å². The van der Waals surface area contributed by atoms with Crippen LogP contribution >= 0.6 is 0 Å². The number of aromatic nitrogens is 2. The summed E-state index contributed by atoms with van der Waals surface area (Å²) in [6.07, 6.45) is 3.66. The Balaban J connectivity index is 2.36. The van der Waals surface area contributed by atoms with E-state index in [0.717, 1.165) is 5.56 Å². The van der Waals surface area contributed by atoms with Crippen LogP contribution in [0.5, 0.6) is 0 Å². The minimum atomic E-state index is -0.512. The number of benzene rings is 1. The molecule has 0 spiro atoms. The lowest BCUT2D eigenvalue weighted by atomic mass is 9.89. The quantitative estimate of drug-likeness (QED) is 0.831. The van der Waals surface area contributed by atoms with Crippen LogP contribution in [0.3, 0.4) is 0 Å². The summed E-state index contributed by atoms with van der Waals surface area (Å²) in [5.41, 5.74) is 0.559. The van der Waals surface area contributed by atoms with Gasteiger partial charge in [0.2, 0.25) is 0 Å². The van der Waals surface area contributed by atoms with Crippen molar-refractivity contribution in [2.45, 2.75) is 32.0 Å². The maximum atomic E-state index is 9.97. The van der Waals surface area contributed by atoms with Crippen molar-refractivity contribution in [3.05, 3.63) is 54.4 Å². The van der Waals surface area contributed by atoms with Gasteiger partial charge >= 0.3 is 0 Å². The van der Waals surface area contributed by atoms with Crippen molar-refractivity contribution in [1.82, 2.24) is 15.1 Å². The predicted molar refractivity (Wildman–Crippen MR) is 75.7 cm³/mol. The first-order valence-corrected chi connectivity index (χ1v) is 6.58. The van der Waals surface area contributed by atoms with Gasteiger partial charge in [0, 0.05) is 18.4 Å². The van der Waals surface area contributed by atoms with E-state index >= 15 is 0 Å². The van der Waals surface area contributed by atoms with Crippen LogP contribution in [0.4, 0.5) is 0 Å². The Labute approximate surface area is 114 Å². The smallest absolute Gasteiger partial charge is 0.0869 e. The zero-order valence-electron chi connectivity index (χ0n) is 11.5. The van der Waals surface area contributed by atoms with E-state index < -0.39 is 5.54 Å². The van der Waals surface area contributed by atoms with E-state index in [1.54, 1.807) is 6.20 Å². The Morgan fingerprint density at radius 2 is 2.00 bits per heavy atom. The number of hydrogen-bond donors (Lipinski definition) is 2. The molecule has 0 aliphatic heterocycles. The van der Waals surface area contributed by atoms with Crippen molar-refractivity contribution in [3.63, 3.8) is 0 Å². The molecule has 0 amide bonds. The predicted octanol–water partition coefficient (Wildman–Crippen LogP) is 1.77. The first kappa shape index (κ1) is 13.8. The van der Waals surface area contributed by atoms with Crippen LogP contribution in [-0.4, -0.2) is 27.5 Å². The average Bonchev–Trinajstić information content (AvgIpc) is 2.91. The molecule has 19 heavy (non-hydrogen) atoms. The van der Waals surface area contributed by atoms with Crippen molar-refractivity contribution in [2.75, 3.05) is 6.61 Å². The molecule has 2 N–H and O–H groups in total. The topological polar surface area (TPSA) is 50.1 Å². The van der Waals surface area contributed by atoms with Crippen molar-refractivity contribution in [3.8, 4) is 0 Å². The van der Waals surface area contributed by atoms with Crippen LogP contribution in [0.2, 0.25) is 0 Å². The van der Waals surface area contributed by atoms with Gasteiger partial charge in [-0.25, -0.2) is 0 Å². The van der Waals surface area contributed by atoms with Gasteiger partial charge in [-0.1, -0.05) is 30.3 Å². The third-order valence-corrected chi connectivity index (χ3v) is 3.15. The molecule has 102 valence electrons. The van der Waals surface area contributed by atoms with Gasteiger partial charge in [-0.3, -0.25) is 4.68 Å². The molecule has 1 unspecified atom stereocenters. The lowest BCUT2D eigenvalue weighted by Crippen LogP contribution is -2.51. The maximum absolute atomic E-state index is 9.97. The Hall–Kier alpha value is -1.65. The van der Waals surface area contributed by atoms with Gasteiger partial charge in [0.15, 0.2) is 0 Å². The van der Waals surface area contributed by atoms with E-state index in [1.165, 1.54) is 0 Å². The highest BCUT2D eigenvalue weighted by Gasteiger charge is 2.32. The summed E-state index contributed by atoms with van der Waals surface area (Å²) in [6.45, 7) is 4.78. The molecule has 2 aromatic rings. The highest BCUT2D eigenvalue weighted by molar-refractivity contribution is 5.25. The second-order valence-electron chi connectivity index (χ2n) is 5.11. The first-order valence-electron chi connectivity index (χ1n) is 6.58. The second kappa shape index (κ2) is 5.99. The lowest BCUT2D eigenvalue weighted by molar-refractivity contribution is 0.129. The largest absolute Gasteiger partial charge is 0.394 e. The fourth-order valence-electron chi connectivity index (χ4n) is 2.39. The Kier molecular flexibility index (Phi) is 4.35. The highest BCUT2D eigenvalue weighted by atomic mass is 16.3. The molecule has 0 saturated heterocycles. The van der Waals surface area contributed by atoms with E-state index in [1.807, 2.05) is 47.3 Å². The molecule has 0 saturated carbocycles. The molecule has 0 fully saturated rings. The van der Waals surface area contributed by atoms with E-state index in [2.05, 4.69) is 24.3 Å². The van der Waals surface area contributed by atoms with Crippen LogP contribution in [0.1, 0.15) is 19.4 Å². The van der Waals surface area contributed by atoms with Crippen LogP contribution in [0, 0.1) is 0 Å². The Bertz CT molecular complexity index is 481. The zero-order chi connectivity index (χ0) is 13.7. The fourth-order valence-corrected chi connectivity index (χ4v) is 2.39. The average molecular weight is 259 g/mol. The highest BCUT2D eigenvalue weighted by Crippen LogP contribution is 2.23. The fraction of sp³-hybridized carbons (Fsp3) is 0.400. The standard InChI is InChI=1S/C15H21N3O/c1-13(2)17-15(12-19,11-18-10-6-9-16-18)14-7-4-3-5-8-14/h3-10,13,17,19H,11-12H2,1-2H3. The first-order chi connectivity index (χ1) is 9.16. The van der Waals surface area contributed by atoms with Crippen molar-refractivity contribution >= 4 is 0 Å². The number of aliphatic hydroxyl groups is 1. The molecule has 4 heteroatoms. The molecule has 1 atom stereocenters. The zero-order valence-corrected chi connectivity index (χ0v) is 11.5. The summed E-state index contributed by atoms with van der Waals surface area (Å²) in [4.78, 5) is 0. The summed E-state index contributed by atoms with van der Waals surface area (Å²) in [5, 5.41) is 17.7. The monoisotopic (exact) mass is 259 g/mol. The summed E-state index contributed by atoms with van der Waals surface area (Å²) in [6, 6.07) is 12.2. The molecular formula is C15H21N3O. The van der Waals surface area contributed by atoms with E-state index in [4.69, 9.17) is 0 Å². The van der Waals surface area contributed by atoms with Gasteiger partial charge < -0.3 is 10.4 Å². The van der Waals surface area contributed by atoms with Crippen LogP contribution < -0.4 is 5.32 Å². The second-order valence-corrected chi connectivity index (χ2v) is 5.11. The number of nitrogens with zero attached hydrogens (tertiary/aromatic N) is 2. The van der Waals surface area contributed by atoms with E-state index in [9.17, 15) is 5.11 Å². The normalized spacial score (nSPS) is 14.5. The molecule has 1 heterocycles. The molecule has 1 aromatic carbocycles. The molecule has 4 nitrogen and oxygen atoms in total. The summed E-state index contributed by atoms with van der Waals surface area (Å²) in [5.74, 6) is 0. The third-order valence-electron chi connectivity index (χ3n) is 3.15. The maximum Gasteiger partial charge on any atom is 0.0869 e. The Morgan fingerprint density at radius 1 is 1.26 bits per heavy atom. The van der Waals surface area contributed by atoms with Gasteiger partial charge in [0.1, 0.15) is 0 Å². The number of rotatable bonds is 6. The van der Waals surface area contributed by atoms with Crippen LogP contribution in [0.15, 0.2) is 48.8 Å². The van der Waals surface area contributed by atoms with Gasteiger partial charge in [0.05, 0.1) is 18.7 Å². The molecule has 0 aliphatic rings. The van der Waals surface area contributed by atoms with E-state index in [-0.39, 0.29) is 12.6 Å². The number of aliphatic hydroxyl groups excluding tert-OH is 1. The Morgan fingerprint density at radius 3 is 2.53 bits per heavy atom. The summed E-state index contributed by atoms with van der Waals surface area (Å²) < 4.78 is 1.85. The molecule has 0 aliphatic carbocycles. The van der Waals surface area contributed by atoms with Gasteiger partial charge in [-0.2, -0.15) is 5.10 Å². The molecular weight excluding hydrogens is 238 g/mol. The SMILES string of the molecule is CC(C)NC(CO)(Cn1cccn1)c1ccccc1. The van der Waals surface area contributed by atoms with Crippen molar-refractivity contribution in [1.29, 1.82) is 0 Å². The number of nitrogens with one attached hydrogen (secondary N) is 1. The number of hydrogen-bond acceptors (Lipinski definition) is 3. The molecule has 2 rings (SSSR count). The van der Waals surface area contributed by atoms with Crippen molar-refractivity contribution < 1.29 is 5.11 Å². The minimum absolute atomic E-state index is 0.0229. The molecule has 0 radical (unpaired) electrons.